The van der Waals surface area contributed by atoms with E-state index in [9.17, 15) is 9.59 Å². The predicted octanol–water partition coefficient (Wildman–Crippen LogP) is 4.06. The van der Waals surface area contributed by atoms with Crippen molar-refractivity contribution in [1.82, 2.24) is 14.6 Å². The number of hydrogen-bond donors (Lipinski definition) is 1. The lowest BCUT2D eigenvalue weighted by atomic mass is 9.94. The first-order valence-electron chi connectivity index (χ1n) is 9.96. The van der Waals surface area contributed by atoms with E-state index in [4.69, 9.17) is 4.74 Å². The predicted molar refractivity (Wildman–Crippen MR) is 110 cm³/mol. The van der Waals surface area contributed by atoms with Crippen LogP contribution in [0.15, 0.2) is 24.3 Å². The highest BCUT2D eigenvalue weighted by atomic mass is 32.1. The zero-order chi connectivity index (χ0) is 19.9. The average Bonchev–Trinajstić information content (AvgIpc) is 3.32. The van der Waals surface area contributed by atoms with Crippen molar-refractivity contribution in [3.63, 3.8) is 0 Å². The molecular formula is C21H27N3O3S. The Balaban J connectivity index is 1.48. The van der Waals surface area contributed by atoms with Crippen molar-refractivity contribution < 1.29 is 14.3 Å². The van der Waals surface area contributed by atoms with Crippen LogP contribution in [0.4, 0.5) is 4.79 Å². The molecule has 3 atom stereocenters. The molecule has 1 saturated heterocycles. The van der Waals surface area contributed by atoms with E-state index in [1.54, 1.807) is 0 Å². The van der Waals surface area contributed by atoms with Crippen LogP contribution in [0.25, 0.3) is 10.9 Å². The van der Waals surface area contributed by atoms with E-state index in [1.807, 2.05) is 49.9 Å². The van der Waals surface area contributed by atoms with Gasteiger partial charge in [-0.1, -0.05) is 24.6 Å². The van der Waals surface area contributed by atoms with Gasteiger partial charge in [-0.05, 0) is 63.0 Å². The molecule has 1 aliphatic heterocycles. The van der Waals surface area contributed by atoms with Crippen LogP contribution in [0.5, 0.6) is 0 Å². The number of likely N-dealkylation sites (tertiary alicyclic amines) is 1. The zero-order valence-corrected chi connectivity index (χ0v) is 17.4. The maximum atomic E-state index is 12.8. The van der Waals surface area contributed by atoms with Crippen LogP contribution >= 0.6 is 11.5 Å². The zero-order valence-electron chi connectivity index (χ0n) is 16.6. The number of rotatable bonds is 3. The Kier molecular flexibility index (Phi) is 5.04. The van der Waals surface area contributed by atoms with Gasteiger partial charge in [-0.15, -0.1) is 0 Å². The van der Waals surface area contributed by atoms with Crippen molar-refractivity contribution in [1.29, 1.82) is 0 Å². The van der Waals surface area contributed by atoms with Crippen LogP contribution in [0, 0.1) is 11.8 Å². The Morgan fingerprint density at radius 1 is 1.29 bits per heavy atom. The minimum atomic E-state index is -0.524. The lowest BCUT2D eigenvalue weighted by Crippen LogP contribution is -2.47. The molecule has 1 saturated carbocycles. The number of amides is 2. The Labute approximate surface area is 169 Å². The molecule has 0 radical (unpaired) electrons. The summed E-state index contributed by atoms with van der Waals surface area (Å²) in [4.78, 5) is 28.0. The molecule has 1 aromatic carbocycles. The molecule has 28 heavy (non-hydrogen) atoms. The van der Waals surface area contributed by atoms with E-state index < -0.39 is 5.60 Å². The van der Waals surface area contributed by atoms with Crippen LogP contribution in [0.3, 0.4) is 0 Å². The van der Waals surface area contributed by atoms with Crippen molar-refractivity contribution in [2.45, 2.75) is 51.7 Å². The van der Waals surface area contributed by atoms with Crippen molar-refractivity contribution in [2.75, 3.05) is 13.1 Å². The van der Waals surface area contributed by atoms with Gasteiger partial charge >= 0.3 is 6.09 Å². The fourth-order valence-corrected chi connectivity index (χ4v) is 5.32. The SMILES string of the molecule is CC(C)(C)OC(=O)N1C[C@@H]2CCC[C@@H]2[C@H]1CNC(=O)c1snc2ccccc12. The van der Waals surface area contributed by atoms with Gasteiger partial charge < -0.3 is 15.0 Å². The van der Waals surface area contributed by atoms with E-state index in [2.05, 4.69) is 9.69 Å². The summed E-state index contributed by atoms with van der Waals surface area (Å²) >= 11 is 1.22. The number of benzene rings is 1. The highest BCUT2D eigenvalue weighted by molar-refractivity contribution is 7.09. The molecule has 2 fully saturated rings. The third kappa shape index (κ3) is 3.72. The van der Waals surface area contributed by atoms with E-state index in [0.717, 1.165) is 30.3 Å². The smallest absolute Gasteiger partial charge is 0.410 e. The van der Waals surface area contributed by atoms with E-state index in [-0.39, 0.29) is 18.0 Å². The van der Waals surface area contributed by atoms with Crippen molar-refractivity contribution in [2.24, 2.45) is 11.8 Å². The van der Waals surface area contributed by atoms with Crippen LogP contribution in [0.1, 0.15) is 49.7 Å². The first-order chi connectivity index (χ1) is 13.3. The lowest BCUT2D eigenvalue weighted by Gasteiger charge is -2.30. The average molecular weight is 402 g/mol. The van der Waals surface area contributed by atoms with Gasteiger partial charge in [0.05, 0.1) is 11.6 Å². The molecule has 1 aromatic heterocycles. The minimum Gasteiger partial charge on any atom is -0.444 e. The maximum Gasteiger partial charge on any atom is 0.410 e. The van der Waals surface area contributed by atoms with Gasteiger partial charge in [-0.3, -0.25) is 4.79 Å². The fourth-order valence-electron chi connectivity index (χ4n) is 4.54. The number of carbonyl (C=O) groups is 2. The summed E-state index contributed by atoms with van der Waals surface area (Å²) in [6, 6.07) is 7.65. The molecule has 0 bridgehead atoms. The molecule has 150 valence electrons. The van der Waals surface area contributed by atoms with E-state index in [0.29, 0.717) is 23.3 Å². The van der Waals surface area contributed by atoms with Crippen molar-refractivity contribution in [3.8, 4) is 0 Å². The van der Waals surface area contributed by atoms with Gasteiger partial charge in [0.15, 0.2) is 0 Å². The second-order valence-corrected chi connectivity index (χ2v) is 9.57. The molecule has 2 aliphatic rings. The van der Waals surface area contributed by atoms with Crippen LogP contribution in [-0.2, 0) is 4.74 Å². The summed E-state index contributed by atoms with van der Waals surface area (Å²) in [6.07, 6.45) is 3.17. The molecular weight excluding hydrogens is 374 g/mol. The summed E-state index contributed by atoms with van der Waals surface area (Å²) in [7, 11) is 0. The van der Waals surface area contributed by atoms with Gasteiger partial charge in [-0.2, -0.15) is 4.37 Å². The largest absolute Gasteiger partial charge is 0.444 e. The highest BCUT2D eigenvalue weighted by Crippen LogP contribution is 2.42. The molecule has 4 rings (SSSR count). The molecule has 0 spiro atoms. The maximum absolute atomic E-state index is 12.8. The molecule has 0 unspecified atom stereocenters. The number of hydrogen-bond acceptors (Lipinski definition) is 5. The van der Waals surface area contributed by atoms with Gasteiger partial charge in [0.1, 0.15) is 10.5 Å². The standard InChI is InChI=1S/C21H27N3O3S/c1-21(2,3)27-20(26)24-12-13-7-6-9-14(13)17(24)11-22-19(25)18-15-8-4-5-10-16(15)23-28-18/h4-5,8,10,13-14,17H,6-7,9,11-12H2,1-3H3,(H,22,25)/t13-,14-,17+/m0/s1. The molecule has 2 aromatic rings. The summed E-state index contributed by atoms with van der Waals surface area (Å²) in [5.74, 6) is 0.828. The molecule has 1 N–H and O–H groups in total. The lowest BCUT2D eigenvalue weighted by molar-refractivity contribution is 0.0200. The topological polar surface area (TPSA) is 71.5 Å². The molecule has 6 nitrogen and oxygen atoms in total. The molecule has 2 heterocycles. The summed E-state index contributed by atoms with van der Waals surface area (Å²) in [5, 5.41) is 3.94. The molecule has 7 heteroatoms. The number of nitrogens with one attached hydrogen (secondary N) is 1. The molecule has 1 aliphatic carbocycles. The minimum absolute atomic E-state index is 0.00881. The van der Waals surface area contributed by atoms with Crippen molar-refractivity contribution >= 4 is 34.4 Å². The Bertz CT molecular complexity index is 888. The first kappa shape index (κ1) is 19.2. The van der Waals surface area contributed by atoms with Crippen LogP contribution < -0.4 is 5.32 Å². The monoisotopic (exact) mass is 401 g/mol. The number of nitrogens with zero attached hydrogens (tertiary/aromatic N) is 2. The van der Waals surface area contributed by atoms with Gasteiger partial charge in [0.25, 0.3) is 5.91 Å². The third-order valence-electron chi connectivity index (χ3n) is 5.73. The number of aromatic nitrogens is 1. The van der Waals surface area contributed by atoms with Crippen molar-refractivity contribution in [3.05, 3.63) is 29.1 Å². The van der Waals surface area contributed by atoms with E-state index >= 15 is 0 Å². The summed E-state index contributed by atoms with van der Waals surface area (Å²) in [5.41, 5.74) is 0.314. The summed E-state index contributed by atoms with van der Waals surface area (Å²) in [6.45, 7) is 6.82. The van der Waals surface area contributed by atoms with Crippen LogP contribution in [0.2, 0.25) is 0 Å². The number of carbonyl (C=O) groups excluding carboxylic acids is 2. The second-order valence-electron chi connectivity index (χ2n) is 8.79. The highest BCUT2D eigenvalue weighted by Gasteiger charge is 2.47. The fraction of sp³-hybridized carbons (Fsp3) is 0.571. The second kappa shape index (κ2) is 7.35. The quantitative estimate of drug-likeness (QED) is 0.842. The van der Waals surface area contributed by atoms with Gasteiger partial charge in [0.2, 0.25) is 0 Å². The van der Waals surface area contributed by atoms with Gasteiger partial charge in [-0.25, -0.2) is 4.79 Å². The number of ether oxygens (including phenoxy) is 1. The number of fused-ring (bicyclic) bond motifs is 2. The Hall–Kier alpha value is -2.15. The third-order valence-corrected chi connectivity index (χ3v) is 6.61. The Morgan fingerprint density at radius 3 is 2.86 bits per heavy atom. The molecule has 2 amide bonds. The first-order valence-corrected chi connectivity index (χ1v) is 10.7. The van der Waals surface area contributed by atoms with Crippen LogP contribution in [-0.4, -0.2) is 46.0 Å². The summed E-state index contributed by atoms with van der Waals surface area (Å²) < 4.78 is 9.97. The normalized spacial score (nSPS) is 24.4. The van der Waals surface area contributed by atoms with Gasteiger partial charge in [0, 0.05) is 18.5 Å². The Morgan fingerprint density at radius 2 is 2.07 bits per heavy atom. The van der Waals surface area contributed by atoms with E-state index in [1.165, 1.54) is 18.0 Å².